The molecule has 0 fully saturated rings. The quantitative estimate of drug-likeness (QED) is 0.880. The van der Waals surface area contributed by atoms with E-state index in [9.17, 15) is 4.79 Å². The van der Waals surface area contributed by atoms with Gasteiger partial charge in [0.2, 0.25) is 0 Å². The molecule has 0 aliphatic rings. The second kappa shape index (κ2) is 5.85. The summed E-state index contributed by atoms with van der Waals surface area (Å²) in [5, 5.41) is 10.9. The van der Waals surface area contributed by atoms with E-state index in [2.05, 4.69) is 36.2 Å². The highest BCUT2D eigenvalue weighted by molar-refractivity contribution is 6.33. The Balaban J connectivity index is 2.52. The molecule has 21 heavy (non-hydrogen) atoms. The van der Waals surface area contributed by atoms with Gasteiger partial charge in [-0.15, -0.1) is 5.10 Å². The monoisotopic (exact) mass is 307 g/mol. The zero-order chi connectivity index (χ0) is 15.6. The zero-order valence-electron chi connectivity index (χ0n) is 12.5. The van der Waals surface area contributed by atoms with Crippen LogP contribution in [0, 0.1) is 0 Å². The SMILES string of the molecule is CCOC(=O)c1n[nH]nc1-c1cc(C(C)(C)C)ccc1Cl. The lowest BCUT2D eigenvalue weighted by molar-refractivity contribution is 0.0520. The Morgan fingerprint density at radius 1 is 1.33 bits per heavy atom. The van der Waals surface area contributed by atoms with Gasteiger partial charge < -0.3 is 4.74 Å². The first-order valence-corrected chi connectivity index (χ1v) is 7.10. The summed E-state index contributed by atoms with van der Waals surface area (Å²) in [5.41, 5.74) is 2.28. The number of aromatic amines is 1. The summed E-state index contributed by atoms with van der Waals surface area (Å²) in [5.74, 6) is -0.515. The second-order valence-electron chi connectivity index (χ2n) is 5.69. The van der Waals surface area contributed by atoms with Crippen LogP contribution in [0.15, 0.2) is 18.2 Å². The molecule has 1 aromatic heterocycles. The molecular weight excluding hydrogens is 290 g/mol. The number of H-pyrrole nitrogens is 1. The van der Waals surface area contributed by atoms with E-state index in [0.29, 0.717) is 16.3 Å². The molecule has 1 N–H and O–H groups in total. The maximum absolute atomic E-state index is 11.9. The molecule has 0 radical (unpaired) electrons. The smallest absolute Gasteiger partial charge is 0.361 e. The molecule has 0 aliphatic carbocycles. The standard InChI is InChI=1S/C15H18ClN3O2/c1-5-21-14(20)13-12(17-19-18-13)10-8-9(15(2,3)4)6-7-11(10)16/h6-8H,5H2,1-4H3,(H,17,18,19). The molecule has 0 saturated heterocycles. The Bertz CT molecular complexity index is 659. The third-order valence-electron chi connectivity index (χ3n) is 3.10. The molecule has 6 heteroatoms. The number of nitrogens with one attached hydrogen (secondary N) is 1. The third kappa shape index (κ3) is 3.24. The van der Waals surface area contributed by atoms with Crippen LogP contribution in [0.5, 0.6) is 0 Å². The first-order chi connectivity index (χ1) is 9.84. The molecule has 2 aromatic rings. The van der Waals surface area contributed by atoms with E-state index in [1.807, 2.05) is 12.1 Å². The fourth-order valence-electron chi connectivity index (χ4n) is 1.93. The normalized spacial score (nSPS) is 11.5. The van der Waals surface area contributed by atoms with Gasteiger partial charge in [-0.25, -0.2) is 4.79 Å². The number of hydrogen-bond acceptors (Lipinski definition) is 4. The lowest BCUT2D eigenvalue weighted by atomic mass is 9.86. The van der Waals surface area contributed by atoms with Crippen molar-refractivity contribution < 1.29 is 9.53 Å². The summed E-state index contributed by atoms with van der Waals surface area (Å²) in [7, 11) is 0. The highest BCUT2D eigenvalue weighted by atomic mass is 35.5. The van der Waals surface area contributed by atoms with E-state index in [4.69, 9.17) is 16.3 Å². The Labute approximate surface area is 128 Å². The van der Waals surface area contributed by atoms with Crippen molar-refractivity contribution in [3.05, 3.63) is 34.5 Å². The van der Waals surface area contributed by atoms with Crippen LogP contribution in [-0.4, -0.2) is 28.0 Å². The van der Waals surface area contributed by atoms with Crippen LogP contribution >= 0.6 is 11.6 Å². The Kier molecular flexibility index (Phi) is 4.32. The topological polar surface area (TPSA) is 67.9 Å². The van der Waals surface area contributed by atoms with Gasteiger partial charge in [0.15, 0.2) is 5.69 Å². The van der Waals surface area contributed by atoms with Crippen molar-refractivity contribution in [1.82, 2.24) is 15.4 Å². The summed E-state index contributed by atoms with van der Waals surface area (Å²) in [6, 6.07) is 5.71. The molecule has 112 valence electrons. The molecule has 1 aromatic carbocycles. The van der Waals surface area contributed by atoms with Gasteiger partial charge in [0.05, 0.1) is 11.6 Å². The van der Waals surface area contributed by atoms with Gasteiger partial charge >= 0.3 is 5.97 Å². The van der Waals surface area contributed by atoms with Gasteiger partial charge in [0, 0.05) is 5.56 Å². The van der Waals surface area contributed by atoms with Crippen LogP contribution in [0.4, 0.5) is 0 Å². The molecule has 0 saturated carbocycles. The van der Waals surface area contributed by atoms with Gasteiger partial charge in [-0.05, 0) is 30.0 Å². The maximum Gasteiger partial charge on any atom is 0.361 e. The first-order valence-electron chi connectivity index (χ1n) is 6.73. The molecule has 1 heterocycles. The summed E-state index contributed by atoms with van der Waals surface area (Å²) in [6.45, 7) is 8.34. The average molecular weight is 308 g/mol. The number of aromatic nitrogens is 3. The van der Waals surface area contributed by atoms with Gasteiger partial charge in [-0.2, -0.15) is 10.3 Å². The van der Waals surface area contributed by atoms with Gasteiger partial charge in [-0.3, -0.25) is 0 Å². The predicted octanol–water partition coefficient (Wildman–Crippen LogP) is 3.60. The van der Waals surface area contributed by atoms with Gasteiger partial charge in [0.1, 0.15) is 5.69 Å². The summed E-state index contributed by atoms with van der Waals surface area (Å²) in [6.07, 6.45) is 0. The highest BCUT2D eigenvalue weighted by Gasteiger charge is 2.23. The first kappa shape index (κ1) is 15.5. The van der Waals surface area contributed by atoms with Crippen LogP contribution < -0.4 is 0 Å². The minimum absolute atomic E-state index is 0.0346. The number of halogens is 1. The lowest BCUT2D eigenvalue weighted by Crippen LogP contribution is -2.11. The predicted molar refractivity (Wildman–Crippen MR) is 81.5 cm³/mol. The summed E-state index contributed by atoms with van der Waals surface area (Å²) < 4.78 is 4.98. The van der Waals surface area contributed by atoms with E-state index >= 15 is 0 Å². The fraction of sp³-hybridized carbons (Fsp3) is 0.400. The summed E-state index contributed by atoms with van der Waals surface area (Å²) in [4.78, 5) is 11.9. The van der Waals surface area contributed by atoms with Crippen molar-refractivity contribution in [2.45, 2.75) is 33.1 Å². The molecule has 0 bridgehead atoms. The number of carbonyl (C=O) groups excluding carboxylic acids is 1. The molecule has 5 nitrogen and oxygen atoms in total. The number of rotatable bonds is 3. The maximum atomic E-state index is 11.9. The van der Waals surface area contributed by atoms with E-state index in [1.165, 1.54) is 0 Å². The van der Waals surface area contributed by atoms with Crippen molar-refractivity contribution in [3.63, 3.8) is 0 Å². The number of nitrogens with zero attached hydrogens (tertiary/aromatic N) is 2. The summed E-state index contributed by atoms with van der Waals surface area (Å²) >= 11 is 6.26. The minimum Gasteiger partial charge on any atom is -0.461 e. The number of ether oxygens (including phenoxy) is 1. The number of hydrogen-bond donors (Lipinski definition) is 1. The van der Waals surface area contributed by atoms with Crippen molar-refractivity contribution in [1.29, 1.82) is 0 Å². The molecule has 2 rings (SSSR count). The number of carbonyl (C=O) groups is 1. The van der Waals surface area contributed by atoms with E-state index in [1.54, 1.807) is 13.0 Å². The zero-order valence-corrected chi connectivity index (χ0v) is 13.3. The van der Waals surface area contributed by atoms with Crippen LogP contribution in [0.2, 0.25) is 5.02 Å². The molecule has 0 amide bonds. The molecule has 0 spiro atoms. The van der Waals surface area contributed by atoms with Crippen LogP contribution in [-0.2, 0) is 10.2 Å². The lowest BCUT2D eigenvalue weighted by Gasteiger charge is -2.20. The van der Waals surface area contributed by atoms with Crippen LogP contribution in [0.1, 0.15) is 43.7 Å². The Morgan fingerprint density at radius 2 is 2.05 bits per heavy atom. The number of benzene rings is 1. The molecule has 0 aliphatic heterocycles. The Hall–Kier alpha value is -1.88. The van der Waals surface area contributed by atoms with Crippen molar-refractivity contribution in [2.75, 3.05) is 6.61 Å². The van der Waals surface area contributed by atoms with Gasteiger partial charge in [0.25, 0.3) is 0 Å². The fourth-order valence-corrected chi connectivity index (χ4v) is 2.14. The second-order valence-corrected chi connectivity index (χ2v) is 6.09. The number of esters is 1. The van der Waals surface area contributed by atoms with Crippen LogP contribution in [0.3, 0.4) is 0 Å². The Morgan fingerprint density at radius 3 is 2.67 bits per heavy atom. The minimum atomic E-state index is -0.515. The molecular formula is C15H18ClN3O2. The van der Waals surface area contributed by atoms with E-state index in [0.717, 1.165) is 5.56 Å². The average Bonchev–Trinajstić information content (AvgIpc) is 2.87. The molecule has 0 atom stereocenters. The van der Waals surface area contributed by atoms with Crippen LogP contribution in [0.25, 0.3) is 11.3 Å². The van der Waals surface area contributed by atoms with Crippen molar-refractivity contribution >= 4 is 17.6 Å². The van der Waals surface area contributed by atoms with E-state index < -0.39 is 5.97 Å². The highest BCUT2D eigenvalue weighted by Crippen LogP contribution is 2.33. The van der Waals surface area contributed by atoms with Crippen molar-refractivity contribution in [2.24, 2.45) is 0 Å². The third-order valence-corrected chi connectivity index (χ3v) is 3.43. The van der Waals surface area contributed by atoms with Gasteiger partial charge in [-0.1, -0.05) is 38.4 Å². The largest absolute Gasteiger partial charge is 0.461 e. The molecule has 0 unspecified atom stereocenters. The van der Waals surface area contributed by atoms with E-state index in [-0.39, 0.29) is 17.7 Å². The van der Waals surface area contributed by atoms with Crippen molar-refractivity contribution in [3.8, 4) is 11.3 Å².